The fourth-order valence-electron chi connectivity index (χ4n) is 2.29. The van der Waals surface area contributed by atoms with Gasteiger partial charge in [-0.05, 0) is 43.1 Å². The highest BCUT2D eigenvalue weighted by Gasteiger charge is 2.28. The molecule has 15 heavy (non-hydrogen) atoms. The number of hydrogen-bond acceptors (Lipinski definition) is 2. The minimum atomic E-state index is 0.619. The number of nitrogens with one attached hydrogen (secondary N) is 1. The summed E-state index contributed by atoms with van der Waals surface area (Å²) in [7, 11) is 0. The molecule has 1 heterocycles. The van der Waals surface area contributed by atoms with Crippen molar-refractivity contribution in [1.29, 1.82) is 0 Å². The Morgan fingerprint density at radius 1 is 1.27 bits per heavy atom. The van der Waals surface area contributed by atoms with Crippen LogP contribution in [0.4, 0.5) is 0 Å². The summed E-state index contributed by atoms with van der Waals surface area (Å²) < 4.78 is 0. The van der Waals surface area contributed by atoms with Gasteiger partial charge in [-0.25, -0.2) is 0 Å². The zero-order valence-corrected chi connectivity index (χ0v) is 9.94. The van der Waals surface area contributed by atoms with Gasteiger partial charge in [-0.3, -0.25) is 0 Å². The Morgan fingerprint density at radius 3 is 2.93 bits per heavy atom. The lowest BCUT2D eigenvalue weighted by Crippen LogP contribution is -2.26. The second-order valence-electron chi connectivity index (χ2n) is 4.62. The molecular formula is C13H17NS. The van der Waals surface area contributed by atoms with E-state index in [1.807, 2.05) is 11.8 Å². The van der Waals surface area contributed by atoms with E-state index in [0.717, 1.165) is 6.04 Å². The molecule has 1 atom stereocenters. The lowest BCUT2D eigenvalue weighted by atomic mass is 10.0. The normalized spacial score (nSPS) is 25.0. The van der Waals surface area contributed by atoms with Crippen molar-refractivity contribution in [2.45, 2.75) is 43.2 Å². The molecule has 1 nitrogen and oxygen atoms in total. The van der Waals surface area contributed by atoms with E-state index < -0.39 is 0 Å². The van der Waals surface area contributed by atoms with Gasteiger partial charge in [0.15, 0.2) is 0 Å². The molecule has 1 unspecified atom stereocenters. The number of rotatable bonds is 2. The summed E-state index contributed by atoms with van der Waals surface area (Å²) in [5.74, 6) is 1.27. The smallest absolute Gasteiger partial charge is 0.0341 e. The van der Waals surface area contributed by atoms with Crippen molar-refractivity contribution < 1.29 is 0 Å². The second-order valence-corrected chi connectivity index (χ2v) is 5.73. The van der Waals surface area contributed by atoms with E-state index in [1.165, 1.54) is 41.0 Å². The highest BCUT2D eigenvalue weighted by atomic mass is 32.2. The number of thioether (sulfide) groups is 1. The van der Waals surface area contributed by atoms with Gasteiger partial charge in [-0.15, -0.1) is 11.8 Å². The summed E-state index contributed by atoms with van der Waals surface area (Å²) in [6.45, 7) is 2.23. The van der Waals surface area contributed by atoms with Crippen LogP contribution in [0.25, 0.3) is 0 Å². The Hall–Kier alpha value is -0.470. The maximum absolute atomic E-state index is 3.76. The molecule has 3 rings (SSSR count). The first-order chi connectivity index (χ1) is 7.34. The molecule has 0 amide bonds. The van der Waals surface area contributed by atoms with E-state index in [4.69, 9.17) is 0 Å². The summed E-state index contributed by atoms with van der Waals surface area (Å²) in [4.78, 5) is 1.53. The average molecular weight is 219 g/mol. The third-order valence-electron chi connectivity index (χ3n) is 3.28. The summed E-state index contributed by atoms with van der Waals surface area (Å²) >= 11 is 2.03. The van der Waals surface area contributed by atoms with Gasteiger partial charge < -0.3 is 5.32 Å². The lowest BCUT2D eigenvalue weighted by molar-refractivity contribution is 0.507. The van der Waals surface area contributed by atoms with E-state index in [-0.39, 0.29) is 0 Å². The van der Waals surface area contributed by atoms with Crippen LogP contribution >= 0.6 is 11.8 Å². The first-order valence-electron chi connectivity index (χ1n) is 5.83. The molecule has 1 saturated carbocycles. The van der Waals surface area contributed by atoms with Crippen molar-refractivity contribution in [3.8, 4) is 0 Å². The third-order valence-corrected chi connectivity index (χ3v) is 4.57. The summed E-state index contributed by atoms with van der Waals surface area (Å²) in [6, 6.07) is 8.15. The van der Waals surface area contributed by atoms with E-state index in [0.29, 0.717) is 6.04 Å². The molecule has 0 saturated heterocycles. The number of aryl methyl sites for hydroxylation is 1. The Labute approximate surface area is 95.6 Å². The summed E-state index contributed by atoms with van der Waals surface area (Å²) in [6.07, 6.45) is 4.05. The predicted molar refractivity (Wildman–Crippen MR) is 65.4 cm³/mol. The maximum atomic E-state index is 3.76. The number of fused-ring (bicyclic) bond motifs is 1. The molecule has 1 aromatic rings. The molecular weight excluding hydrogens is 202 g/mol. The molecule has 0 radical (unpaired) electrons. The van der Waals surface area contributed by atoms with Crippen molar-refractivity contribution in [3.05, 3.63) is 29.3 Å². The predicted octanol–water partition coefficient (Wildman–Crippen LogP) is 3.28. The van der Waals surface area contributed by atoms with Crippen molar-refractivity contribution in [2.75, 3.05) is 5.75 Å². The van der Waals surface area contributed by atoms with Crippen LogP contribution in [0.3, 0.4) is 0 Å². The maximum Gasteiger partial charge on any atom is 0.0341 e. The van der Waals surface area contributed by atoms with Gasteiger partial charge in [0.05, 0.1) is 0 Å². The molecule has 0 bridgehead atoms. The Kier molecular flexibility index (Phi) is 2.49. The molecule has 80 valence electrons. The monoisotopic (exact) mass is 219 g/mol. The van der Waals surface area contributed by atoms with Crippen LogP contribution in [-0.2, 0) is 0 Å². The van der Waals surface area contributed by atoms with Gasteiger partial charge in [-0.2, -0.15) is 0 Å². The van der Waals surface area contributed by atoms with Crippen LogP contribution < -0.4 is 5.32 Å². The van der Waals surface area contributed by atoms with Gasteiger partial charge in [0.2, 0.25) is 0 Å². The largest absolute Gasteiger partial charge is 0.307 e. The van der Waals surface area contributed by atoms with E-state index in [2.05, 4.69) is 30.4 Å². The number of benzene rings is 1. The molecule has 1 aliphatic heterocycles. The molecule has 0 spiro atoms. The van der Waals surface area contributed by atoms with Crippen LogP contribution in [-0.4, -0.2) is 11.8 Å². The minimum Gasteiger partial charge on any atom is -0.307 e. The van der Waals surface area contributed by atoms with Crippen LogP contribution in [0.15, 0.2) is 23.1 Å². The SMILES string of the molecule is Cc1cccc2c1SCCC2NC1CC1. The molecule has 2 aliphatic rings. The van der Waals surface area contributed by atoms with Crippen LogP contribution in [0.2, 0.25) is 0 Å². The average Bonchev–Trinajstić information content (AvgIpc) is 3.04. The topological polar surface area (TPSA) is 12.0 Å². The zero-order chi connectivity index (χ0) is 10.3. The van der Waals surface area contributed by atoms with Crippen LogP contribution in [0.1, 0.15) is 36.4 Å². The zero-order valence-electron chi connectivity index (χ0n) is 9.12. The van der Waals surface area contributed by atoms with Crippen molar-refractivity contribution in [1.82, 2.24) is 5.32 Å². The Bertz CT molecular complexity index is 371. The van der Waals surface area contributed by atoms with Crippen LogP contribution in [0.5, 0.6) is 0 Å². The summed E-state index contributed by atoms with van der Waals surface area (Å²) in [5.41, 5.74) is 2.98. The minimum absolute atomic E-state index is 0.619. The molecule has 1 N–H and O–H groups in total. The Morgan fingerprint density at radius 2 is 2.13 bits per heavy atom. The van der Waals surface area contributed by atoms with Gasteiger partial charge in [0, 0.05) is 17.0 Å². The van der Waals surface area contributed by atoms with Gasteiger partial charge >= 0.3 is 0 Å². The van der Waals surface area contributed by atoms with E-state index >= 15 is 0 Å². The molecule has 1 aliphatic carbocycles. The fourth-order valence-corrected chi connectivity index (χ4v) is 3.52. The van der Waals surface area contributed by atoms with Gasteiger partial charge in [0.25, 0.3) is 0 Å². The number of hydrogen-bond donors (Lipinski definition) is 1. The Balaban J connectivity index is 1.91. The second kappa shape index (κ2) is 3.84. The van der Waals surface area contributed by atoms with Gasteiger partial charge in [0.1, 0.15) is 0 Å². The van der Waals surface area contributed by atoms with E-state index in [1.54, 1.807) is 0 Å². The van der Waals surface area contributed by atoms with Crippen molar-refractivity contribution in [3.63, 3.8) is 0 Å². The van der Waals surface area contributed by atoms with Crippen molar-refractivity contribution >= 4 is 11.8 Å². The first-order valence-corrected chi connectivity index (χ1v) is 6.81. The third kappa shape index (κ3) is 1.93. The lowest BCUT2D eigenvalue weighted by Gasteiger charge is -2.27. The van der Waals surface area contributed by atoms with Crippen LogP contribution in [0, 0.1) is 6.92 Å². The molecule has 2 heteroatoms. The van der Waals surface area contributed by atoms with Gasteiger partial charge in [-0.1, -0.05) is 18.2 Å². The highest BCUT2D eigenvalue weighted by molar-refractivity contribution is 7.99. The molecule has 0 aromatic heterocycles. The quantitative estimate of drug-likeness (QED) is 0.819. The molecule has 1 fully saturated rings. The molecule has 1 aromatic carbocycles. The first kappa shape index (κ1) is 9.73. The van der Waals surface area contributed by atoms with E-state index in [9.17, 15) is 0 Å². The van der Waals surface area contributed by atoms with Crippen molar-refractivity contribution in [2.24, 2.45) is 0 Å². The highest BCUT2D eigenvalue weighted by Crippen LogP contribution is 2.39. The summed E-state index contributed by atoms with van der Waals surface area (Å²) in [5, 5.41) is 3.76. The standard InChI is InChI=1S/C13H17NS/c1-9-3-2-4-11-12(14-10-5-6-10)7-8-15-13(9)11/h2-4,10,12,14H,5-8H2,1H3. The fraction of sp³-hybridized carbons (Fsp3) is 0.538.